The van der Waals surface area contributed by atoms with Crippen molar-refractivity contribution in [2.45, 2.75) is 45.2 Å². The van der Waals surface area contributed by atoms with E-state index in [-0.39, 0.29) is 12.1 Å². The Balaban J connectivity index is 2.47. The summed E-state index contributed by atoms with van der Waals surface area (Å²) in [4.78, 5) is 13.9. The number of anilines is 1. The molecule has 1 amide bonds. The van der Waals surface area contributed by atoms with Crippen molar-refractivity contribution < 1.29 is 4.79 Å². The van der Waals surface area contributed by atoms with E-state index >= 15 is 0 Å². The summed E-state index contributed by atoms with van der Waals surface area (Å²) < 4.78 is 1.75. The Morgan fingerprint density at radius 3 is 2.74 bits per heavy atom. The molecule has 0 bridgehead atoms. The zero-order valence-electron chi connectivity index (χ0n) is 11.9. The third kappa shape index (κ3) is 2.45. The number of nitrogens with two attached hydrogens (primary N) is 2. The van der Waals surface area contributed by atoms with Crippen LogP contribution >= 0.6 is 0 Å². The van der Waals surface area contributed by atoms with Gasteiger partial charge in [-0.15, -0.1) is 0 Å². The number of aromatic nitrogens is 2. The summed E-state index contributed by atoms with van der Waals surface area (Å²) >= 11 is 0. The van der Waals surface area contributed by atoms with Crippen LogP contribution in [0.25, 0.3) is 0 Å². The minimum absolute atomic E-state index is 0.0521. The van der Waals surface area contributed by atoms with E-state index in [1.165, 1.54) is 6.42 Å². The van der Waals surface area contributed by atoms with E-state index in [2.05, 4.69) is 10.00 Å². The Morgan fingerprint density at radius 1 is 1.47 bits per heavy atom. The highest BCUT2D eigenvalue weighted by molar-refractivity contribution is 5.99. The van der Waals surface area contributed by atoms with Crippen LogP contribution in [0.15, 0.2) is 0 Å². The van der Waals surface area contributed by atoms with Gasteiger partial charge in [-0.05, 0) is 33.1 Å². The van der Waals surface area contributed by atoms with Crippen LogP contribution in [-0.4, -0.2) is 34.3 Å². The fraction of sp³-hybridized carbons (Fsp3) is 0.692. The van der Waals surface area contributed by atoms with Crippen molar-refractivity contribution in [2.75, 3.05) is 11.4 Å². The molecular formula is C13H23N5O. The minimum atomic E-state index is -0.422. The molecule has 2 rings (SSSR count). The number of amides is 1. The Morgan fingerprint density at radius 2 is 2.16 bits per heavy atom. The van der Waals surface area contributed by atoms with Crippen LogP contribution in [0.1, 0.15) is 42.2 Å². The number of hydrogen-bond donors (Lipinski definition) is 2. The predicted molar refractivity (Wildman–Crippen MR) is 75.1 cm³/mol. The number of rotatable bonds is 3. The third-order valence-corrected chi connectivity index (χ3v) is 3.87. The average molecular weight is 265 g/mol. The van der Waals surface area contributed by atoms with Gasteiger partial charge in [-0.3, -0.25) is 9.48 Å². The van der Waals surface area contributed by atoms with Gasteiger partial charge >= 0.3 is 0 Å². The fourth-order valence-electron chi connectivity index (χ4n) is 3.03. The van der Waals surface area contributed by atoms with Crippen LogP contribution < -0.4 is 16.4 Å². The first-order chi connectivity index (χ1) is 8.93. The Hall–Kier alpha value is -1.56. The number of carbonyl (C=O) groups excluding carboxylic acids is 1. The SMILES string of the molecule is Cc1nn(C)c(N2CCCCC2C(C)N)c1C(N)=O. The van der Waals surface area contributed by atoms with Gasteiger partial charge in [0.05, 0.1) is 5.69 Å². The van der Waals surface area contributed by atoms with Crippen molar-refractivity contribution in [2.24, 2.45) is 18.5 Å². The number of carbonyl (C=O) groups is 1. The van der Waals surface area contributed by atoms with Gasteiger partial charge < -0.3 is 16.4 Å². The van der Waals surface area contributed by atoms with Crippen LogP contribution in [0.4, 0.5) is 5.82 Å². The van der Waals surface area contributed by atoms with Gasteiger partial charge in [-0.2, -0.15) is 5.10 Å². The second kappa shape index (κ2) is 5.21. The molecule has 2 atom stereocenters. The molecule has 1 saturated heterocycles. The summed E-state index contributed by atoms with van der Waals surface area (Å²) in [5, 5.41) is 4.33. The van der Waals surface area contributed by atoms with E-state index in [1.54, 1.807) is 4.68 Å². The third-order valence-electron chi connectivity index (χ3n) is 3.87. The van der Waals surface area contributed by atoms with Crippen molar-refractivity contribution in [1.29, 1.82) is 0 Å². The molecule has 1 aromatic heterocycles. The molecule has 1 aliphatic heterocycles. The number of aryl methyl sites for hydroxylation is 2. The van der Waals surface area contributed by atoms with E-state index in [0.29, 0.717) is 11.3 Å². The van der Waals surface area contributed by atoms with Crippen LogP contribution in [0.3, 0.4) is 0 Å². The lowest BCUT2D eigenvalue weighted by Gasteiger charge is -2.39. The molecule has 0 aliphatic carbocycles. The number of nitrogens with zero attached hydrogens (tertiary/aromatic N) is 3. The van der Waals surface area contributed by atoms with Crippen molar-refractivity contribution in [1.82, 2.24) is 9.78 Å². The van der Waals surface area contributed by atoms with E-state index in [9.17, 15) is 4.79 Å². The second-order valence-corrected chi connectivity index (χ2v) is 5.39. The van der Waals surface area contributed by atoms with Gasteiger partial charge in [0, 0.05) is 25.7 Å². The Bertz CT molecular complexity index is 480. The molecule has 4 N–H and O–H groups in total. The van der Waals surface area contributed by atoms with Crippen LogP contribution in [-0.2, 0) is 7.05 Å². The second-order valence-electron chi connectivity index (χ2n) is 5.39. The lowest BCUT2D eigenvalue weighted by Crippen LogP contribution is -2.50. The normalized spacial score (nSPS) is 21.5. The summed E-state index contributed by atoms with van der Waals surface area (Å²) in [6, 6.07) is 0.290. The van der Waals surface area contributed by atoms with E-state index in [1.807, 2.05) is 20.9 Å². The zero-order chi connectivity index (χ0) is 14.2. The number of primary amides is 1. The first-order valence-corrected chi connectivity index (χ1v) is 6.79. The monoisotopic (exact) mass is 265 g/mol. The lowest BCUT2D eigenvalue weighted by molar-refractivity contribution is 0.1000. The summed E-state index contributed by atoms with van der Waals surface area (Å²) in [5.41, 5.74) is 12.8. The van der Waals surface area contributed by atoms with Crippen LogP contribution in [0, 0.1) is 6.92 Å². The van der Waals surface area contributed by atoms with Gasteiger partial charge in [0.2, 0.25) is 0 Å². The molecule has 6 nitrogen and oxygen atoms in total. The van der Waals surface area contributed by atoms with Gasteiger partial charge in [0.1, 0.15) is 11.4 Å². The van der Waals surface area contributed by atoms with Crippen molar-refractivity contribution >= 4 is 11.7 Å². The maximum Gasteiger partial charge on any atom is 0.254 e. The molecule has 1 aliphatic rings. The topological polar surface area (TPSA) is 90.2 Å². The minimum Gasteiger partial charge on any atom is -0.365 e. The smallest absolute Gasteiger partial charge is 0.254 e. The molecule has 2 unspecified atom stereocenters. The highest BCUT2D eigenvalue weighted by Crippen LogP contribution is 2.30. The molecule has 0 radical (unpaired) electrons. The Kier molecular flexibility index (Phi) is 3.80. The summed E-state index contributed by atoms with van der Waals surface area (Å²) in [7, 11) is 1.85. The van der Waals surface area contributed by atoms with E-state index < -0.39 is 5.91 Å². The number of hydrogen-bond acceptors (Lipinski definition) is 4. The summed E-state index contributed by atoms with van der Waals surface area (Å²) in [6.45, 7) is 4.72. The van der Waals surface area contributed by atoms with Crippen molar-refractivity contribution in [3.8, 4) is 0 Å². The lowest BCUT2D eigenvalue weighted by atomic mass is 9.96. The van der Waals surface area contributed by atoms with Gasteiger partial charge in [-0.1, -0.05) is 0 Å². The van der Waals surface area contributed by atoms with Gasteiger partial charge in [0.25, 0.3) is 5.91 Å². The molecule has 0 saturated carbocycles. The fourth-order valence-corrected chi connectivity index (χ4v) is 3.03. The van der Waals surface area contributed by atoms with Gasteiger partial charge in [0.15, 0.2) is 0 Å². The molecule has 1 fully saturated rings. The zero-order valence-corrected chi connectivity index (χ0v) is 11.9. The summed E-state index contributed by atoms with van der Waals surface area (Å²) in [5.74, 6) is 0.390. The Labute approximate surface area is 113 Å². The van der Waals surface area contributed by atoms with Crippen molar-refractivity contribution in [3.05, 3.63) is 11.3 Å². The first kappa shape index (κ1) is 13.9. The maximum absolute atomic E-state index is 11.7. The molecule has 106 valence electrons. The molecule has 2 heterocycles. The quantitative estimate of drug-likeness (QED) is 0.834. The largest absolute Gasteiger partial charge is 0.365 e. The predicted octanol–water partition coefficient (Wildman–Crippen LogP) is 0.534. The highest BCUT2D eigenvalue weighted by atomic mass is 16.1. The van der Waals surface area contributed by atoms with Gasteiger partial charge in [-0.25, -0.2) is 0 Å². The van der Waals surface area contributed by atoms with Crippen molar-refractivity contribution in [3.63, 3.8) is 0 Å². The molecule has 19 heavy (non-hydrogen) atoms. The van der Waals surface area contributed by atoms with Crippen LogP contribution in [0.5, 0.6) is 0 Å². The number of piperidine rings is 1. The molecule has 0 spiro atoms. The molecule has 1 aromatic rings. The maximum atomic E-state index is 11.7. The molecule has 6 heteroatoms. The van der Waals surface area contributed by atoms with E-state index in [0.717, 1.165) is 25.2 Å². The summed E-state index contributed by atoms with van der Waals surface area (Å²) in [6.07, 6.45) is 3.32. The van der Waals surface area contributed by atoms with Crippen LogP contribution in [0.2, 0.25) is 0 Å². The standard InChI is InChI=1S/C13H23N5O/c1-8(14)10-6-4-5-7-18(10)13-11(12(15)19)9(2)16-17(13)3/h8,10H,4-7,14H2,1-3H3,(H2,15,19). The van der Waals surface area contributed by atoms with E-state index in [4.69, 9.17) is 11.5 Å². The molecular weight excluding hydrogens is 242 g/mol. The first-order valence-electron chi connectivity index (χ1n) is 6.79. The average Bonchev–Trinajstić information content (AvgIpc) is 2.64. The molecule has 0 aromatic carbocycles. The highest BCUT2D eigenvalue weighted by Gasteiger charge is 2.31.